The molecule has 0 fully saturated rings. The number of carbonyl (C=O) groups excluding carboxylic acids is 2. The summed E-state index contributed by atoms with van der Waals surface area (Å²) in [6.45, 7) is 2.17. The number of alkyl carbamates (subject to hydrolysis) is 1. The summed E-state index contributed by atoms with van der Waals surface area (Å²) in [5.41, 5.74) is 2.45. The number of rotatable bonds is 12. The fourth-order valence-corrected chi connectivity index (χ4v) is 3.84. The normalized spacial score (nSPS) is 11.5. The Balaban J connectivity index is 1.62. The minimum atomic E-state index is -1.84. The van der Waals surface area contributed by atoms with Gasteiger partial charge in [0.25, 0.3) is 5.91 Å². The number of aliphatic hydroxyl groups is 1. The first-order chi connectivity index (χ1) is 17.8. The van der Waals surface area contributed by atoms with Gasteiger partial charge in [-0.3, -0.25) is 10.1 Å². The molecule has 0 saturated carbocycles. The van der Waals surface area contributed by atoms with E-state index in [0.29, 0.717) is 17.9 Å². The molecule has 0 aliphatic heterocycles. The Bertz CT molecular complexity index is 1210. The van der Waals surface area contributed by atoms with E-state index in [2.05, 4.69) is 22.5 Å². The minimum absolute atomic E-state index is 0.0671. The van der Waals surface area contributed by atoms with Crippen LogP contribution in [0, 0.1) is 0 Å². The van der Waals surface area contributed by atoms with Crippen molar-refractivity contribution in [1.29, 1.82) is 0 Å². The number of benzene rings is 2. The van der Waals surface area contributed by atoms with Gasteiger partial charge in [0, 0.05) is 18.7 Å². The van der Waals surface area contributed by atoms with Crippen molar-refractivity contribution < 1.29 is 29.3 Å². The van der Waals surface area contributed by atoms with Crippen LogP contribution in [0.25, 0.3) is 0 Å². The van der Waals surface area contributed by atoms with Crippen molar-refractivity contribution in [3.05, 3.63) is 82.4 Å². The number of aliphatic carboxylic acids is 1. The van der Waals surface area contributed by atoms with Crippen LogP contribution in [0.15, 0.2) is 54.6 Å². The molecule has 2 amide bonds. The topological polar surface area (TPSA) is 143 Å². The molecule has 2 aromatic carbocycles. The van der Waals surface area contributed by atoms with E-state index in [1.54, 1.807) is 48.5 Å². The van der Waals surface area contributed by atoms with E-state index in [0.717, 1.165) is 36.2 Å². The molecule has 1 aromatic heterocycles. The van der Waals surface area contributed by atoms with E-state index in [4.69, 9.17) is 16.3 Å². The molecule has 196 valence electrons. The van der Waals surface area contributed by atoms with Crippen LogP contribution in [0.3, 0.4) is 0 Å². The van der Waals surface area contributed by atoms with Crippen molar-refractivity contribution in [3.8, 4) is 0 Å². The van der Waals surface area contributed by atoms with Gasteiger partial charge in [0.2, 0.25) is 6.04 Å². The van der Waals surface area contributed by atoms with Crippen LogP contribution in [0.5, 0.6) is 0 Å². The standard InChI is InChI=1S/C26H29ClN4O6/c1-2-3-9-21-29-23(27)20(15-32)31(21)14-17-10-12-19(13-11-17)28-24(33)22(25(34)35)30-26(36)37-16-18-7-5-4-6-8-18/h4-8,10-13,22,32H,2-3,9,14-16H2,1H3,(H,28,33)(H,30,36)(H,34,35). The zero-order chi connectivity index (χ0) is 26.8. The number of hydrogen-bond donors (Lipinski definition) is 4. The second-order valence-corrected chi connectivity index (χ2v) is 8.63. The molecule has 0 radical (unpaired) electrons. The van der Waals surface area contributed by atoms with E-state index in [9.17, 15) is 24.6 Å². The van der Waals surface area contributed by atoms with Crippen molar-refractivity contribution in [3.63, 3.8) is 0 Å². The zero-order valence-corrected chi connectivity index (χ0v) is 21.1. The molecule has 37 heavy (non-hydrogen) atoms. The quantitative estimate of drug-likeness (QED) is 0.262. The summed E-state index contributed by atoms with van der Waals surface area (Å²) in [5, 5.41) is 24.0. The monoisotopic (exact) mass is 528 g/mol. The SMILES string of the molecule is CCCCc1nc(Cl)c(CO)n1Cc1ccc(NC(=O)C(NC(=O)OCc2ccccc2)C(=O)O)cc1. The number of hydrogen-bond acceptors (Lipinski definition) is 6. The molecule has 0 saturated heterocycles. The first kappa shape index (κ1) is 27.7. The first-order valence-corrected chi connectivity index (χ1v) is 12.1. The highest BCUT2D eigenvalue weighted by Crippen LogP contribution is 2.21. The van der Waals surface area contributed by atoms with E-state index in [-0.39, 0.29) is 18.4 Å². The van der Waals surface area contributed by atoms with Gasteiger partial charge in [0.05, 0.1) is 12.3 Å². The lowest BCUT2D eigenvalue weighted by molar-refractivity contribution is -0.142. The Morgan fingerprint density at radius 1 is 1.08 bits per heavy atom. The molecule has 3 rings (SSSR count). The average molecular weight is 529 g/mol. The van der Waals surface area contributed by atoms with E-state index < -0.39 is 24.0 Å². The van der Waals surface area contributed by atoms with Crippen LogP contribution in [0.4, 0.5) is 10.5 Å². The summed E-state index contributed by atoms with van der Waals surface area (Å²) < 4.78 is 6.88. The largest absolute Gasteiger partial charge is 0.479 e. The van der Waals surface area contributed by atoms with E-state index in [1.807, 2.05) is 10.6 Å². The van der Waals surface area contributed by atoms with E-state index >= 15 is 0 Å². The van der Waals surface area contributed by atoms with Gasteiger partial charge in [0.15, 0.2) is 5.15 Å². The van der Waals surface area contributed by atoms with Crippen molar-refractivity contribution in [2.75, 3.05) is 5.32 Å². The van der Waals surface area contributed by atoms with Crippen LogP contribution in [0.2, 0.25) is 5.15 Å². The predicted molar refractivity (Wildman–Crippen MR) is 137 cm³/mol. The molecule has 4 N–H and O–H groups in total. The summed E-state index contributed by atoms with van der Waals surface area (Å²) in [4.78, 5) is 40.6. The third-order valence-corrected chi connectivity index (χ3v) is 5.86. The molecule has 0 aliphatic carbocycles. The Hall–Kier alpha value is -3.89. The summed E-state index contributed by atoms with van der Waals surface area (Å²) in [6.07, 6.45) is 1.62. The molecular weight excluding hydrogens is 500 g/mol. The zero-order valence-electron chi connectivity index (χ0n) is 20.3. The summed E-state index contributed by atoms with van der Waals surface area (Å²) in [7, 11) is 0. The maximum absolute atomic E-state index is 12.6. The fourth-order valence-electron chi connectivity index (χ4n) is 3.58. The van der Waals surface area contributed by atoms with Crippen molar-refractivity contribution in [2.45, 2.75) is 52.0 Å². The molecule has 10 nitrogen and oxygen atoms in total. The number of amides is 2. The molecule has 0 spiro atoms. The molecule has 0 aliphatic rings. The number of carbonyl (C=O) groups is 3. The number of nitrogens with one attached hydrogen (secondary N) is 2. The van der Waals surface area contributed by atoms with Gasteiger partial charge in [-0.2, -0.15) is 0 Å². The predicted octanol–water partition coefficient (Wildman–Crippen LogP) is 3.74. The highest BCUT2D eigenvalue weighted by atomic mass is 35.5. The maximum atomic E-state index is 12.6. The van der Waals surface area contributed by atoms with Gasteiger partial charge in [0.1, 0.15) is 12.4 Å². The van der Waals surface area contributed by atoms with Crippen molar-refractivity contribution in [1.82, 2.24) is 14.9 Å². The number of anilines is 1. The third-order valence-electron chi connectivity index (χ3n) is 5.55. The highest BCUT2D eigenvalue weighted by Gasteiger charge is 2.29. The number of unbranched alkanes of at least 4 members (excludes halogenated alkanes) is 1. The Labute approximate surface area is 219 Å². The average Bonchev–Trinajstić information content (AvgIpc) is 3.19. The highest BCUT2D eigenvalue weighted by molar-refractivity contribution is 6.30. The van der Waals surface area contributed by atoms with Gasteiger partial charge >= 0.3 is 12.1 Å². The van der Waals surface area contributed by atoms with Crippen LogP contribution in [0.1, 0.15) is 42.4 Å². The lowest BCUT2D eigenvalue weighted by Crippen LogP contribution is -2.49. The molecule has 3 aromatic rings. The molecule has 0 bridgehead atoms. The van der Waals surface area contributed by atoms with Crippen LogP contribution in [-0.4, -0.2) is 43.8 Å². The van der Waals surface area contributed by atoms with Gasteiger partial charge in [-0.15, -0.1) is 0 Å². The Kier molecular flexibility index (Phi) is 10.0. The van der Waals surface area contributed by atoms with Gasteiger partial charge in [-0.05, 0) is 29.7 Å². The number of imidazole rings is 1. The lowest BCUT2D eigenvalue weighted by atomic mass is 10.1. The number of aryl methyl sites for hydroxylation is 1. The maximum Gasteiger partial charge on any atom is 0.408 e. The minimum Gasteiger partial charge on any atom is -0.479 e. The number of aliphatic hydroxyl groups excluding tert-OH is 1. The molecule has 1 unspecified atom stereocenters. The number of nitrogens with zero attached hydrogens (tertiary/aromatic N) is 2. The number of ether oxygens (including phenoxy) is 1. The summed E-state index contributed by atoms with van der Waals surface area (Å²) >= 11 is 6.19. The number of carboxylic acid groups (broad SMARTS) is 1. The van der Waals surface area contributed by atoms with Crippen molar-refractivity contribution in [2.24, 2.45) is 0 Å². The lowest BCUT2D eigenvalue weighted by Gasteiger charge is -2.15. The fraction of sp³-hybridized carbons (Fsp3) is 0.308. The molecule has 11 heteroatoms. The number of halogens is 1. The summed E-state index contributed by atoms with van der Waals surface area (Å²) in [6, 6.07) is 13.7. The van der Waals surface area contributed by atoms with Crippen LogP contribution in [-0.2, 0) is 40.5 Å². The third kappa shape index (κ3) is 7.80. The molecule has 1 heterocycles. The molecular formula is C26H29ClN4O6. The second-order valence-electron chi connectivity index (χ2n) is 8.28. The Morgan fingerprint density at radius 2 is 1.78 bits per heavy atom. The van der Waals surface area contributed by atoms with Crippen LogP contribution >= 0.6 is 11.6 Å². The van der Waals surface area contributed by atoms with Gasteiger partial charge in [-0.25, -0.2) is 14.6 Å². The molecule has 1 atom stereocenters. The van der Waals surface area contributed by atoms with Crippen molar-refractivity contribution >= 4 is 35.3 Å². The van der Waals surface area contributed by atoms with Crippen LogP contribution < -0.4 is 10.6 Å². The van der Waals surface area contributed by atoms with Gasteiger partial charge < -0.3 is 24.8 Å². The van der Waals surface area contributed by atoms with E-state index in [1.165, 1.54) is 0 Å². The Morgan fingerprint density at radius 3 is 2.41 bits per heavy atom. The summed E-state index contributed by atoms with van der Waals surface area (Å²) in [5.74, 6) is -1.68. The van der Waals surface area contributed by atoms with Gasteiger partial charge in [-0.1, -0.05) is 67.4 Å². The first-order valence-electron chi connectivity index (χ1n) is 11.8. The second kappa shape index (κ2) is 13.4. The number of carboxylic acids is 1. The smallest absolute Gasteiger partial charge is 0.408 e. The number of aromatic nitrogens is 2.